The van der Waals surface area contributed by atoms with Crippen LogP contribution in [0.5, 0.6) is 5.75 Å². The summed E-state index contributed by atoms with van der Waals surface area (Å²) >= 11 is 0. The van der Waals surface area contributed by atoms with E-state index in [4.69, 9.17) is 9.47 Å². The number of hydrogen-bond acceptors (Lipinski definition) is 6. The van der Waals surface area contributed by atoms with E-state index < -0.39 is 0 Å². The molecule has 2 aromatic rings. The van der Waals surface area contributed by atoms with Crippen molar-refractivity contribution in [2.75, 3.05) is 54.1 Å². The van der Waals surface area contributed by atoms with E-state index in [0.29, 0.717) is 32.1 Å². The van der Waals surface area contributed by atoms with E-state index in [9.17, 15) is 4.79 Å². The minimum absolute atomic E-state index is 0.142. The van der Waals surface area contributed by atoms with Crippen LogP contribution in [0.15, 0.2) is 36.5 Å². The lowest BCUT2D eigenvalue weighted by molar-refractivity contribution is -0.135. The van der Waals surface area contributed by atoms with Crippen molar-refractivity contribution in [2.24, 2.45) is 0 Å². The molecule has 1 amide bonds. The second kappa shape index (κ2) is 14.1. The van der Waals surface area contributed by atoms with Crippen LogP contribution in [0.4, 0.5) is 0 Å². The Balaban J connectivity index is 1.52. The molecule has 1 aromatic heterocycles. The Morgan fingerprint density at radius 2 is 1.91 bits per heavy atom. The molecule has 1 saturated carbocycles. The number of methoxy groups -OCH3 is 1. The van der Waals surface area contributed by atoms with Gasteiger partial charge in [0, 0.05) is 57.0 Å². The van der Waals surface area contributed by atoms with Gasteiger partial charge >= 0.3 is 0 Å². The molecular weight excluding hydrogens is 430 g/mol. The second-order valence-corrected chi connectivity index (χ2v) is 9.13. The predicted molar refractivity (Wildman–Crippen MR) is 134 cm³/mol. The maximum Gasteiger partial charge on any atom is 0.226 e. The maximum absolute atomic E-state index is 13.1. The number of benzene rings is 1. The summed E-state index contributed by atoms with van der Waals surface area (Å²) in [7, 11) is 5.81. The van der Waals surface area contributed by atoms with Crippen molar-refractivity contribution in [3.8, 4) is 5.75 Å². The van der Waals surface area contributed by atoms with Crippen LogP contribution in [0, 0.1) is 0 Å². The fraction of sp³-hybridized carbons (Fsp3) is 0.615. The zero-order valence-electron chi connectivity index (χ0n) is 21.0. The lowest BCUT2D eigenvalue weighted by Gasteiger charge is -2.37. The molecule has 8 nitrogen and oxygen atoms in total. The minimum atomic E-state index is 0.142. The lowest BCUT2D eigenvalue weighted by Crippen LogP contribution is -2.44. The van der Waals surface area contributed by atoms with Crippen molar-refractivity contribution >= 4 is 5.91 Å². The number of likely N-dealkylation sites (N-methyl/N-ethyl adjacent to an activating group) is 2. The van der Waals surface area contributed by atoms with Crippen LogP contribution >= 0.6 is 0 Å². The zero-order valence-corrected chi connectivity index (χ0v) is 21.0. The molecule has 0 unspecified atom stereocenters. The van der Waals surface area contributed by atoms with Gasteiger partial charge in [-0.1, -0.05) is 18.2 Å². The fourth-order valence-corrected chi connectivity index (χ4v) is 4.76. The van der Waals surface area contributed by atoms with E-state index in [1.165, 1.54) is 11.3 Å². The molecule has 0 saturated heterocycles. The van der Waals surface area contributed by atoms with E-state index in [-0.39, 0.29) is 11.9 Å². The molecule has 0 atom stereocenters. The molecule has 1 aromatic carbocycles. The fourth-order valence-electron chi connectivity index (χ4n) is 4.76. The van der Waals surface area contributed by atoms with Gasteiger partial charge in [-0.2, -0.15) is 5.10 Å². The molecule has 0 radical (unpaired) electrons. The summed E-state index contributed by atoms with van der Waals surface area (Å²) in [5.74, 6) is 1.38. The first-order valence-corrected chi connectivity index (χ1v) is 12.4. The first-order valence-electron chi connectivity index (χ1n) is 12.4. The van der Waals surface area contributed by atoms with Crippen LogP contribution in [0.25, 0.3) is 0 Å². The van der Waals surface area contributed by atoms with Gasteiger partial charge in [-0.05, 0) is 51.9 Å². The number of aromatic amines is 1. The topological polar surface area (TPSA) is 82.7 Å². The van der Waals surface area contributed by atoms with E-state index in [0.717, 1.165) is 51.1 Å². The van der Waals surface area contributed by atoms with Crippen molar-refractivity contribution in [3.05, 3.63) is 47.8 Å². The Hall–Kier alpha value is -2.42. The molecule has 188 valence electrons. The molecule has 0 spiro atoms. The second-order valence-electron chi connectivity index (χ2n) is 9.13. The zero-order chi connectivity index (χ0) is 24.2. The molecule has 1 aliphatic carbocycles. The van der Waals surface area contributed by atoms with Crippen molar-refractivity contribution in [1.82, 2.24) is 25.3 Å². The van der Waals surface area contributed by atoms with Gasteiger partial charge in [0.1, 0.15) is 5.75 Å². The summed E-state index contributed by atoms with van der Waals surface area (Å²) in [6.45, 7) is 4.43. The number of ether oxygens (including phenoxy) is 2. The number of para-hydroxylation sites is 1. The number of H-pyrrole nitrogens is 1. The van der Waals surface area contributed by atoms with Gasteiger partial charge < -0.3 is 24.6 Å². The van der Waals surface area contributed by atoms with Crippen LogP contribution in [0.3, 0.4) is 0 Å². The maximum atomic E-state index is 13.1. The number of carbonyl (C=O) groups is 1. The molecule has 3 rings (SSSR count). The van der Waals surface area contributed by atoms with Gasteiger partial charge in [-0.25, -0.2) is 0 Å². The summed E-state index contributed by atoms with van der Waals surface area (Å²) < 4.78 is 11.1. The number of amides is 1. The summed E-state index contributed by atoms with van der Waals surface area (Å²) in [4.78, 5) is 17.4. The number of nitrogens with zero attached hydrogens (tertiary/aromatic N) is 3. The van der Waals surface area contributed by atoms with Gasteiger partial charge in [0.15, 0.2) is 0 Å². The van der Waals surface area contributed by atoms with Crippen LogP contribution < -0.4 is 10.1 Å². The van der Waals surface area contributed by atoms with Crippen LogP contribution in [-0.2, 0) is 16.1 Å². The highest BCUT2D eigenvalue weighted by Crippen LogP contribution is 2.35. The van der Waals surface area contributed by atoms with E-state index in [2.05, 4.69) is 27.5 Å². The highest BCUT2D eigenvalue weighted by atomic mass is 16.5. The van der Waals surface area contributed by atoms with Crippen LogP contribution in [0.1, 0.15) is 49.3 Å². The quantitative estimate of drug-likeness (QED) is 0.441. The number of aromatic nitrogens is 2. The highest BCUT2D eigenvalue weighted by molar-refractivity contribution is 5.76. The Morgan fingerprint density at radius 3 is 2.62 bits per heavy atom. The first-order chi connectivity index (χ1) is 16.6. The molecule has 0 aliphatic heterocycles. The third-order valence-corrected chi connectivity index (χ3v) is 6.65. The molecule has 1 fully saturated rings. The lowest BCUT2D eigenvalue weighted by atomic mass is 9.82. The van der Waals surface area contributed by atoms with Gasteiger partial charge in [-0.3, -0.25) is 9.89 Å². The number of rotatable bonds is 14. The summed E-state index contributed by atoms with van der Waals surface area (Å²) in [6, 6.07) is 9.90. The molecule has 34 heavy (non-hydrogen) atoms. The number of nitrogens with one attached hydrogen (secondary N) is 2. The van der Waals surface area contributed by atoms with Gasteiger partial charge in [0.25, 0.3) is 0 Å². The summed E-state index contributed by atoms with van der Waals surface area (Å²) in [5, 5.41) is 10.9. The average Bonchev–Trinajstić information content (AvgIpc) is 3.32. The standard InChI is InChI=1S/C26H41N5O3/c1-27-14-15-30(2)20-22-19-28-29-26(22)21-9-11-23(12-10-21)31(16-18-33-3)25(32)13-17-34-24-7-5-4-6-8-24/h4-8,19,21,23,27H,9-18,20H2,1-3H3,(H,28,29)/t21-,23-. The Kier molecular flexibility index (Phi) is 10.9. The van der Waals surface area contributed by atoms with Crippen LogP contribution in [-0.4, -0.2) is 86.0 Å². The summed E-state index contributed by atoms with van der Waals surface area (Å²) in [6.07, 6.45) is 6.47. The van der Waals surface area contributed by atoms with Crippen molar-refractivity contribution in [3.63, 3.8) is 0 Å². The van der Waals surface area contributed by atoms with E-state index in [1.54, 1.807) is 7.11 Å². The number of hydrogen-bond donors (Lipinski definition) is 2. The average molecular weight is 472 g/mol. The number of carbonyl (C=O) groups excluding carboxylic acids is 1. The highest BCUT2D eigenvalue weighted by Gasteiger charge is 2.31. The summed E-state index contributed by atoms with van der Waals surface area (Å²) in [5.41, 5.74) is 2.48. The smallest absolute Gasteiger partial charge is 0.226 e. The third-order valence-electron chi connectivity index (χ3n) is 6.65. The van der Waals surface area contributed by atoms with Crippen molar-refractivity contribution in [1.29, 1.82) is 0 Å². The Bertz CT molecular complexity index is 836. The van der Waals surface area contributed by atoms with E-state index in [1.807, 2.05) is 48.5 Å². The van der Waals surface area contributed by atoms with Crippen molar-refractivity contribution in [2.45, 2.75) is 50.6 Å². The Morgan fingerprint density at radius 1 is 1.15 bits per heavy atom. The molecule has 1 heterocycles. The van der Waals surface area contributed by atoms with E-state index >= 15 is 0 Å². The largest absolute Gasteiger partial charge is 0.493 e. The minimum Gasteiger partial charge on any atom is -0.493 e. The third kappa shape index (κ3) is 7.82. The molecular formula is C26H41N5O3. The molecule has 8 heteroatoms. The SMILES string of the molecule is CNCCN(C)Cc1c[nH]nc1[C@H]1CC[C@H](N(CCOC)C(=O)CCOc2ccccc2)CC1. The van der Waals surface area contributed by atoms with Crippen molar-refractivity contribution < 1.29 is 14.3 Å². The first kappa shape index (κ1) is 26.2. The normalized spacial score (nSPS) is 18.2. The molecule has 2 N–H and O–H groups in total. The monoisotopic (exact) mass is 471 g/mol. The van der Waals surface area contributed by atoms with Gasteiger partial charge in [-0.15, -0.1) is 0 Å². The van der Waals surface area contributed by atoms with Crippen LogP contribution in [0.2, 0.25) is 0 Å². The van der Waals surface area contributed by atoms with Gasteiger partial charge in [0.05, 0.1) is 25.3 Å². The molecule has 1 aliphatic rings. The molecule has 0 bridgehead atoms. The van der Waals surface area contributed by atoms with Gasteiger partial charge in [0.2, 0.25) is 5.91 Å². The predicted octanol–water partition coefficient (Wildman–Crippen LogP) is 3.03. The Labute approximate surface area is 204 Å².